The fourth-order valence-electron chi connectivity index (χ4n) is 4.27. The van der Waals surface area contributed by atoms with Gasteiger partial charge in [0, 0.05) is 37.7 Å². The number of piperidine rings is 2. The van der Waals surface area contributed by atoms with Crippen molar-refractivity contribution in [1.29, 1.82) is 0 Å². The topological polar surface area (TPSA) is 95.7 Å². The molecule has 0 saturated carbocycles. The molecule has 3 aliphatic rings. The molecule has 3 N–H and O–H groups in total. The van der Waals surface area contributed by atoms with E-state index in [1.54, 1.807) is 4.90 Å². The van der Waals surface area contributed by atoms with Gasteiger partial charge in [0.1, 0.15) is 6.04 Å². The van der Waals surface area contributed by atoms with E-state index < -0.39 is 6.04 Å². The molecule has 7 heteroatoms. The number of hydrogen-bond acceptors (Lipinski definition) is 5. The molecule has 26 heavy (non-hydrogen) atoms. The van der Waals surface area contributed by atoms with Crippen LogP contribution in [0.25, 0.3) is 0 Å². The summed E-state index contributed by atoms with van der Waals surface area (Å²) in [6, 6.07) is 5.44. The van der Waals surface area contributed by atoms with Crippen molar-refractivity contribution < 1.29 is 14.4 Å². The molecule has 1 aromatic carbocycles. The molecule has 2 atom stereocenters. The van der Waals surface area contributed by atoms with Gasteiger partial charge in [-0.2, -0.15) is 0 Å². The Morgan fingerprint density at radius 3 is 2.81 bits per heavy atom. The van der Waals surface area contributed by atoms with Crippen LogP contribution in [0.15, 0.2) is 18.2 Å². The number of imide groups is 1. The molecular formula is C19H24N4O3. The summed E-state index contributed by atoms with van der Waals surface area (Å²) >= 11 is 0. The molecule has 3 heterocycles. The van der Waals surface area contributed by atoms with Crippen LogP contribution >= 0.6 is 0 Å². The zero-order valence-electron chi connectivity index (χ0n) is 14.7. The fraction of sp³-hybridized carbons (Fsp3) is 0.526. The summed E-state index contributed by atoms with van der Waals surface area (Å²) < 4.78 is 0. The summed E-state index contributed by atoms with van der Waals surface area (Å²) in [6.45, 7) is 3.08. The Morgan fingerprint density at radius 2 is 2.04 bits per heavy atom. The third-order valence-electron chi connectivity index (χ3n) is 5.62. The number of carbonyl (C=O) groups is 3. The predicted molar refractivity (Wildman–Crippen MR) is 95.0 cm³/mol. The number of nitrogens with zero attached hydrogens (tertiary/aromatic N) is 2. The van der Waals surface area contributed by atoms with Crippen LogP contribution in [0.2, 0.25) is 0 Å². The first kappa shape index (κ1) is 17.2. The second kappa shape index (κ2) is 6.81. The average molecular weight is 356 g/mol. The maximum Gasteiger partial charge on any atom is 0.255 e. The summed E-state index contributed by atoms with van der Waals surface area (Å²) in [5, 5.41) is 2.34. The van der Waals surface area contributed by atoms with Gasteiger partial charge in [-0.3, -0.25) is 24.6 Å². The quantitative estimate of drug-likeness (QED) is 0.763. The lowest BCUT2D eigenvalue weighted by molar-refractivity contribution is -0.136. The largest absolute Gasteiger partial charge is 0.327 e. The van der Waals surface area contributed by atoms with Crippen molar-refractivity contribution in [2.24, 2.45) is 5.73 Å². The van der Waals surface area contributed by atoms with E-state index >= 15 is 0 Å². The van der Waals surface area contributed by atoms with Crippen molar-refractivity contribution >= 4 is 17.7 Å². The highest BCUT2D eigenvalue weighted by atomic mass is 16.2. The van der Waals surface area contributed by atoms with E-state index in [1.165, 1.54) is 0 Å². The predicted octanol–water partition coefficient (Wildman–Crippen LogP) is 0.371. The van der Waals surface area contributed by atoms with E-state index in [2.05, 4.69) is 16.3 Å². The van der Waals surface area contributed by atoms with Crippen molar-refractivity contribution in [3.63, 3.8) is 0 Å². The van der Waals surface area contributed by atoms with Gasteiger partial charge in [-0.25, -0.2) is 0 Å². The minimum Gasteiger partial charge on any atom is -0.327 e. The van der Waals surface area contributed by atoms with Crippen molar-refractivity contribution in [2.45, 2.75) is 50.9 Å². The Labute approximate surface area is 152 Å². The Balaban J connectivity index is 1.54. The van der Waals surface area contributed by atoms with E-state index in [-0.39, 0.29) is 30.2 Å². The number of hydrogen-bond donors (Lipinski definition) is 2. The number of nitrogens with one attached hydrogen (secondary N) is 1. The van der Waals surface area contributed by atoms with E-state index in [9.17, 15) is 14.4 Å². The lowest BCUT2D eigenvalue weighted by Crippen LogP contribution is -2.52. The van der Waals surface area contributed by atoms with Gasteiger partial charge < -0.3 is 10.6 Å². The lowest BCUT2D eigenvalue weighted by atomic mass is 10.0. The van der Waals surface area contributed by atoms with Gasteiger partial charge in [0.25, 0.3) is 5.91 Å². The maximum absolute atomic E-state index is 12.8. The molecule has 0 spiro atoms. The van der Waals surface area contributed by atoms with E-state index in [0.29, 0.717) is 18.5 Å². The van der Waals surface area contributed by atoms with Crippen LogP contribution in [-0.2, 0) is 22.7 Å². The molecule has 2 fully saturated rings. The molecule has 0 aliphatic carbocycles. The molecule has 2 saturated heterocycles. The molecule has 2 unspecified atom stereocenters. The summed E-state index contributed by atoms with van der Waals surface area (Å²) in [5.41, 5.74) is 8.88. The summed E-state index contributed by atoms with van der Waals surface area (Å²) in [5.74, 6) is -0.754. The Morgan fingerprint density at radius 1 is 1.19 bits per heavy atom. The number of fused-ring (bicyclic) bond motifs is 1. The molecule has 3 aliphatic heterocycles. The van der Waals surface area contributed by atoms with Crippen molar-refractivity contribution in [3.05, 3.63) is 34.9 Å². The van der Waals surface area contributed by atoms with Crippen molar-refractivity contribution in [1.82, 2.24) is 15.1 Å². The van der Waals surface area contributed by atoms with Gasteiger partial charge in [-0.15, -0.1) is 0 Å². The van der Waals surface area contributed by atoms with Gasteiger partial charge in [0.15, 0.2) is 0 Å². The minimum absolute atomic E-state index is 0.119. The standard InChI is InChI=1S/C19H24N4O3/c20-13-4-2-8-22(10-13)9-12-3-1-5-14-15(12)11-23(19(14)26)16-6-7-17(24)21-18(16)25/h1,3,5,13,16H,2,4,6-11,20H2,(H,21,24,25). The third kappa shape index (κ3) is 3.12. The molecule has 0 aromatic heterocycles. The highest BCUT2D eigenvalue weighted by Crippen LogP contribution is 2.30. The number of likely N-dealkylation sites (tertiary alicyclic amines) is 1. The number of amides is 3. The molecular weight excluding hydrogens is 332 g/mol. The number of rotatable bonds is 3. The van der Waals surface area contributed by atoms with Crippen LogP contribution in [-0.4, -0.2) is 52.7 Å². The highest BCUT2D eigenvalue weighted by Gasteiger charge is 2.39. The zero-order chi connectivity index (χ0) is 18.3. The molecule has 4 rings (SSSR count). The Kier molecular flexibility index (Phi) is 4.50. The first-order valence-electron chi connectivity index (χ1n) is 9.26. The fourth-order valence-corrected chi connectivity index (χ4v) is 4.27. The molecule has 3 amide bonds. The van der Waals surface area contributed by atoms with E-state index in [1.807, 2.05) is 12.1 Å². The minimum atomic E-state index is -0.566. The van der Waals surface area contributed by atoms with E-state index in [4.69, 9.17) is 5.73 Å². The van der Waals surface area contributed by atoms with Gasteiger partial charge >= 0.3 is 0 Å². The number of nitrogens with two attached hydrogens (primary N) is 1. The molecule has 7 nitrogen and oxygen atoms in total. The molecule has 1 aromatic rings. The lowest BCUT2D eigenvalue weighted by Gasteiger charge is -2.31. The summed E-state index contributed by atoms with van der Waals surface area (Å²) in [6.07, 6.45) is 2.82. The smallest absolute Gasteiger partial charge is 0.255 e. The SMILES string of the molecule is NC1CCCN(Cc2cccc3c2CN(C2CCC(=O)NC2=O)C3=O)C1. The van der Waals surface area contributed by atoms with Crippen LogP contribution in [0.1, 0.15) is 47.2 Å². The zero-order valence-corrected chi connectivity index (χ0v) is 14.7. The van der Waals surface area contributed by atoms with Crippen LogP contribution < -0.4 is 11.1 Å². The van der Waals surface area contributed by atoms with Gasteiger partial charge in [-0.1, -0.05) is 12.1 Å². The van der Waals surface area contributed by atoms with Crippen LogP contribution in [0.3, 0.4) is 0 Å². The van der Waals surface area contributed by atoms with Crippen molar-refractivity contribution in [3.8, 4) is 0 Å². The molecule has 138 valence electrons. The van der Waals surface area contributed by atoms with E-state index in [0.717, 1.165) is 43.6 Å². The summed E-state index contributed by atoms with van der Waals surface area (Å²) in [7, 11) is 0. The molecule has 0 bridgehead atoms. The third-order valence-corrected chi connectivity index (χ3v) is 5.62. The van der Waals surface area contributed by atoms with Crippen LogP contribution in [0.5, 0.6) is 0 Å². The summed E-state index contributed by atoms with van der Waals surface area (Å²) in [4.78, 5) is 40.4. The van der Waals surface area contributed by atoms with Crippen molar-refractivity contribution in [2.75, 3.05) is 13.1 Å². The monoisotopic (exact) mass is 356 g/mol. The Hall–Kier alpha value is -2.25. The van der Waals surface area contributed by atoms with Crippen LogP contribution in [0, 0.1) is 0 Å². The highest BCUT2D eigenvalue weighted by molar-refractivity contribution is 6.05. The normalized spacial score (nSPS) is 26.8. The molecule has 0 radical (unpaired) electrons. The second-order valence-corrected chi connectivity index (χ2v) is 7.48. The van der Waals surface area contributed by atoms with Gasteiger partial charge in [0.05, 0.1) is 0 Å². The second-order valence-electron chi connectivity index (χ2n) is 7.48. The number of carbonyl (C=O) groups excluding carboxylic acids is 3. The van der Waals surface area contributed by atoms with Gasteiger partial charge in [0.2, 0.25) is 11.8 Å². The maximum atomic E-state index is 12.8. The van der Waals surface area contributed by atoms with Crippen LogP contribution in [0.4, 0.5) is 0 Å². The average Bonchev–Trinajstić information content (AvgIpc) is 2.93. The van der Waals surface area contributed by atoms with Gasteiger partial charge in [-0.05, 0) is 43.0 Å². The first-order valence-corrected chi connectivity index (χ1v) is 9.26. The Bertz CT molecular complexity index is 763. The first-order chi connectivity index (χ1) is 12.5. The number of benzene rings is 1.